The van der Waals surface area contributed by atoms with Crippen LogP contribution in [-0.4, -0.2) is 14.8 Å². The van der Waals surface area contributed by atoms with Gasteiger partial charge >= 0.3 is 0 Å². The fourth-order valence-electron chi connectivity index (χ4n) is 2.18. The maximum absolute atomic E-state index is 6.02. The van der Waals surface area contributed by atoms with E-state index in [1.165, 1.54) is 0 Å². The number of fused-ring (bicyclic) bond motifs is 1. The number of rotatable bonds is 2. The fraction of sp³-hybridized carbons (Fsp3) is 0.143. The summed E-state index contributed by atoms with van der Waals surface area (Å²) < 4.78 is 2.69. The van der Waals surface area contributed by atoms with Gasteiger partial charge in [-0.05, 0) is 41.1 Å². The van der Waals surface area contributed by atoms with Gasteiger partial charge in [-0.1, -0.05) is 0 Å². The molecule has 3 rings (SSSR count). The van der Waals surface area contributed by atoms with E-state index in [2.05, 4.69) is 31.3 Å². The maximum Gasteiger partial charge on any atom is 0.0958 e. The number of nitrogens with zero attached hydrogens (tertiary/aromatic N) is 3. The van der Waals surface area contributed by atoms with Crippen LogP contribution in [0, 0.1) is 6.92 Å². The molecule has 0 atom stereocenters. The molecule has 0 radical (unpaired) electrons. The molecule has 2 heterocycles. The molecular weight excluding hydrogens is 318 g/mol. The number of halogens is 1. The normalized spacial score (nSPS) is 10.9. The Balaban J connectivity index is 2.12. The molecule has 0 aliphatic carbocycles. The van der Waals surface area contributed by atoms with Crippen LogP contribution in [0.15, 0.2) is 35.1 Å². The number of nitrogens with one attached hydrogen (secondary N) is 1. The molecule has 0 amide bonds. The summed E-state index contributed by atoms with van der Waals surface area (Å²) in [7, 11) is 1.90. The lowest BCUT2D eigenvalue weighted by Gasteiger charge is -2.10. The zero-order valence-corrected chi connectivity index (χ0v) is 12.8. The quantitative estimate of drug-likeness (QED) is 0.706. The molecular formula is C14H14BrN5. The van der Waals surface area contributed by atoms with Crippen molar-refractivity contribution in [3.63, 3.8) is 0 Å². The Kier molecular flexibility index (Phi) is 3.10. The number of aromatic nitrogens is 3. The van der Waals surface area contributed by atoms with Crippen LogP contribution in [0.1, 0.15) is 5.69 Å². The summed E-state index contributed by atoms with van der Waals surface area (Å²) in [5, 5.41) is 8.61. The molecule has 0 fully saturated rings. The molecule has 0 aliphatic heterocycles. The van der Waals surface area contributed by atoms with E-state index in [1.54, 1.807) is 10.9 Å². The minimum absolute atomic E-state index is 0.710. The molecule has 102 valence electrons. The topological polar surface area (TPSA) is 68.8 Å². The van der Waals surface area contributed by atoms with E-state index in [0.717, 1.165) is 32.4 Å². The molecule has 5 nitrogen and oxygen atoms in total. The molecule has 2 aromatic heterocycles. The lowest BCUT2D eigenvalue weighted by atomic mass is 10.1. The molecule has 6 heteroatoms. The molecule has 0 saturated carbocycles. The predicted molar refractivity (Wildman–Crippen MR) is 85.1 cm³/mol. The first kappa shape index (κ1) is 12.9. The standard InChI is InChI=1S/C14H14BrN5/c1-8-13(7-20(2)19-8)18-12-4-3-11(16)10-5-9(15)6-17-14(10)12/h3-7,18H,16H2,1-2H3. The average Bonchev–Trinajstić information content (AvgIpc) is 2.71. The van der Waals surface area contributed by atoms with Crippen molar-refractivity contribution in [2.75, 3.05) is 11.1 Å². The van der Waals surface area contributed by atoms with E-state index in [1.807, 2.05) is 38.4 Å². The van der Waals surface area contributed by atoms with E-state index in [9.17, 15) is 0 Å². The second-order valence-electron chi connectivity index (χ2n) is 4.68. The first-order valence-corrected chi connectivity index (χ1v) is 6.95. The van der Waals surface area contributed by atoms with Crippen molar-refractivity contribution in [2.45, 2.75) is 6.92 Å². The number of anilines is 3. The Bertz CT molecular complexity index is 794. The molecule has 1 aromatic carbocycles. The smallest absolute Gasteiger partial charge is 0.0958 e. The van der Waals surface area contributed by atoms with Gasteiger partial charge in [0.1, 0.15) is 0 Å². The number of aryl methyl sites for hydroxylation is 2. The summed E-state index contributed by atoms with van der Waals surface area (Å²) >= 11 is 3.42. The van der Waals surface area contributed by atoms with Gasteiger partial charge in [0.25, 0.3) is 0 Å². The molecule has 0 unspecified atom stereocenters. The second-order valence-corrected chi connectivity index (χ2v) is 5.59. The van der Waals surface area contributed by atoms with Crippen molar-refractivity contribution >= 4 is 43.9 Å². The van der Waals surface area contributed by atoms with Crippen LogP contribution in [0.5, 0.6) is 0 Å². The number of hydrogen-bond acceptors (Lipinski definition) is 4. The zero-order valence-electron chi connectivity index (χ0n) is 11.2. The number of nitrogens with two attached hydrogens (primary N) is 1. The summed E-state index contributed by atoms with van der Waals surface area (Å²) in [6.45, 7) is 1.96. The summed E-state index contributed by atoms with van der Waals surface area (Å²) in [5.74, 6) is 0. The highest BCUT2D eigenvalue weighted by Crippen LogP contribution is 2.31. The average molecular weight is 332 g/mol. The van der Waals surface area contributed by atoms with Crippen LogP contribution in [0.2, 0.25) is 0 Å². The Hall–Kier alpha value is -2.08. The van der Waals surface area contributed by atoms with E-state index in [-0.39, 0.29) is 0 Å². The number of nitrogen functional groups attached to an aromatic ring is 1. The third kappa shape index (κ3) is 2.22. The Labute approximate surface area is 124 Å². The largest absolute Gasteiger partial charge is 0.398 e. The van der Waals surface area contributed by atoms with Crippen molar-refractivity contribution in [3.8, 4) is 0 Å². The third-order valence-electron chi connectivity index (χ3n) is 3.13. The monoisotopic (exact) mass is 331 g/mol. The van der Waals surface area contributed by atoms with Gasteiger partial charge in [-0.2, -0.15) is 5.10 Å². The van der Waals surface area contributed by atoms with Gasteiger partial charge in [-0.25, -0.2) is 0 Å². The maximum atomic E-state index is 6.02. The van der Waals surface area contributed by atoms with Gasteiger partial charge in [-0.15, -0.1) is 0 Å². The number of pyridine rings is 1. The summed E-state index contributed by atoms with van der Waals surface area (Å²) in [6, 6.07) is 5.79. The van der Waals surface area contributed by atoms with Gasteiger partial charge in [0.05, 0.1) is 22.6 Å². The van der Waals surface area contributed by atoms with Crippen molar-refractivity contribution in [1.29, 1.82) is 0 Å². The van der Waals surface area contributed by atoms with Crippen molar-refractivity contribution in [2.24, 2.45) is 7.05 Å². The second kappa shape index (κ2) is 4.79. The van der Waals surface area contributed by atoms with Gasteiger partial charge in [0.2, 0.25) is 0 Å². The van der Waals surface area contributed by atoms with Gasteiger partial charge < -0.3 is 11.1 Å². The lowest BCUT2D eigenvalue weighted by Crippen LogP contribution is -1.96. The van der Waals surface area contributed by atoms with Gasteiger partial charge in [0, 0.05) is 35.0 Å². The van der Waals surface area contributed by atoms with Gasteiger partial charge in [-0.3, -0.25) is 9.67 Å². The van der Waals surface area contributed by atoms with Gasteiger partial charge in [0.15, 0.2) is 0 Å². The summed E-state index contributed by atoms with van der Waals surface area (Å²) in [5.41, 5.74) is 10.4. The van der Waals surface area contributed by atoms with E-state index in [4.69, 9.17) is 5.73 Å². The first-order chi connectivity index (χ1) is 9.54. The highest BCUT2D eigenvalue weighted by Gasteiger charge is 2.09. The van der Waals surface area contributed by atoms with Crippen molar-refractivity contribution in [3.05, 3.63) is 40.8 Å². The highest BCUT2D eigenvalue weighted by molar-refractivity contribution is 9.10. The van der Waals surface area contributed by atoms with E-state index >= 15 is 0 Å². The molecule has 0 aliphatic rings. The molecule has 3 aromatic rings. The Morgan fingerprint density at radius 3 is 2.80 bits per heavy atom. The molecule has 0 bridgehead atoms. The molecule has 0 saturated heterocycles. The third-order valence-corrected chi connectivity index (χ3v) is 3.57. The zero-order chi connectivity index (χ0) is 14.3. The fourth-order valence-corrected chi connectivity index (χ4v) is 2.52. The number of benzene rings is 1. The summed E-state index contributed by atoms with van der Waals surface area (Å²) in [4.78, 5) is 4.46. The van der Waals surface area contributed by atoms with Crippen LogP contribution < -0.4 is 11.1 Å². The van der Waals surface area contributed by atoms with E-state index in [0.29, 0.717) is 5.69 Å². The van der Waals surface area contributed by atoms with Crippen molar-refractivity contribution < 1.29 is 0 Å². The van der Waals surface area contributed by atoms with Crippen LogP contribution >= 0.6 is 15.9 Å². The Morgan fingerprint density at radius 2 is 2.10 bits per heavy atom. The van der Waals surface area contributed by atoms with E-state index < -0.39 is 0 Å². The SMILES string of the molecule is Cc1nn(C)cc1Nc1ccc(N)c2cc(Br)cnc12. The minimum atomic E-state index is 0.710. The van der Waals surface area contributed by atoms with Crippen LogP contribution in [-0.2, 0) is 7.05 Å². The summed E-state index contributed by atoms with van der Waals surface area (Å²) in [6.07, 6.45) is 3.71. The molecule has 0 spiro atoms. The predicted octanol–water partition coefficient (Wildman–Crippen LogP) is 3.37. The van der Waals surface area contributed by atoms with Crippen LogP contribution in [0.4, 0.5) is 17.1 Å². The first-order valence-electron chi connectivity index (χ1n) is 6.15. The molecule has 3 N–H and O–H groups in total. The number of hydrogen-bond donors (Lipinski definition) is 2. The molecule has 20 heavy (non-hydrogen) atoms. The van der Waals surface area contributed by atoms with Crippen LogP contribution in [0.25, 0.3) is 10.9 Å². The van der Waals surface area contributed by atoms with Crippen molar-refractivity contribution in [1.82, 2.24) is 14.8 Å². The Morgan fingerprint density at radius 1 is 1.30 bits per heavy atom. The van der Waals surface area contributed by atoms with Crippen LogP contribution in [0.3, 0.4) is 0 Å². The minimum Gasteiger partial charge on any atom is -0.398 e. The highest BCUT2D eigenvalue weighted by atomic mass is 79.9. The lowest BCUT2D eigenvalue weighted by molar-refractivity contribution is 0.756.